The van der Waals surface area contributed by atoms with E-state index in [2.05, 4.69) is 118 Å². The van der Waals surface area contributed by atoms with Crippen LogP contribution in [0.25, 0.3) is 22.8 Å². The summed E-state index contributed by atoms with van der Waals surface area (Å²) in [5.74, 6) is 2.53. The van der Waals surface area contributed by atoms with E-state index >= 15 is 0 Å². The molecule has 2 heterocycles. The molecule has 0 fully saturated rings. The summed E-state index contributed by atoms with van der Waals surface area (Å²) in [6.07, 6.45) is 13.7. The van der Waals surface area contributed by atoms with Crippen molar-refractivity contribution < 1.29 is 9.13 Å². The number of aromatic nitrogens is 4. The highest BCUT2D eigenvalue weighted by Crippen LogP contribution is 2.18. The summed E-state index contributed by atoms with van der Waals surface area (Å²) in [6.45, 7) is 7.37. The van der Waals surface area contributed by atoms with Crippen LogP contribution in [0, 0.1) is 0 Å². The van der Waals surface area contributed by atoms with E-state index in [1.54, 1.807) is 0 Å². The zero-order valence-electron chi connectivity index (χ0n) is 18.8. The first-order valence-corrected chi connectivity index (χ1v) is 11.6. The van der Waals surface area contributed by atoms with E-state index in [0.29, 0.717) is 0 Å². The molecule has 0 N–H and O–H groups in total. The standard InChI is InChI=1S/C27H34N4/c1-3-5-17-28-19-21-30(26(28)24-13-9-7-10-14-24)23-31-22-20-29(18-6-4-2)27(31)25-15-11-8-12-16-25/h7-16,19-22H,3-6,17-18,23H2,1-2H3/q+2. The summed E-state index contributed by atoms with van der Waals surface area (Å²) in [6, 6.07) is 21.5. The SMILES string of the molecule is CCCCn1cc[n+](C[n+]2ccn(CCCC)c2-c2ccccc2)c1-c1ccccc1. The second-order valence-corrected chi connectivity index (χ2v) is 8.15. The van der Waals surface area contributed by atoms with Crippen LogP contribution in [0.5, 0.6) is 0 Å². The van der Waals surface area contributed by atoms with Gasteiger partial charge in [0.25, 0.3) is 11.6 Å². The Bertz CT molecular complexity index is 989. The predicted octanol–water partition coefficient (Wildman–Crippen LogP) is 5.30. The van der Waals surface area contributed by atoms with Gasteiger partial charge in [-0.1, -0.05) is 63.1 Å². The van der Waals surface area contributed by atoms with Gasteiger partial charge in [0.15, 0.2) is 0 Å². The van der Waals surface area contributed by atoms with E-state index in [9.17, 15) is 0 Å². The van der Waals surface area contributed by atoms with Gasteiger partial charge in [-0.3, -0.25) is 0 Å². The molecule has 0 bridgehead atoms. The largest absolute Gasteiger partial charge is 0.292 e. The Hall–Kier alpha value is -3.14. The van der Waals surface area contributed by atoms with Gasteiger partial charge in [-0.25, -0.2) is 9.13 Å². The van der Waals surface area contributed by atoms with Crippen molar-refractivity contribution in [3.63, 3.8) is 0 Å². The van der Waals surface area contributed by atoms with Crippen molar-refractivity contribution in [1.82, 2.24) is 9.13 Å². The summed E-state index contributed by atoms with van der Waals surface area (Å²) in [5.41, 5.74) is 2.52. The van der Waals surface area contributed by atoms with Crippen LogP contribution in [0.3, 0.4) is 0 Å². The van der Waals surface area contributed by atoms with Gasteiger partial charge < -0.3 is 0 Å². The Balaban J connectivity index is 1.74. The smallest absolute Gasteiger partial charge is 0.230 e. The minimum absolute atomic E-state index is 0.784. The van der Waals surface area contributed by atoms with Gasteiger partial charge in [-0.15, -0.1) is 0 Å². The molecule has 0 atom stereocenters. The van der Waals surface area contributed by atoms with Gasteiger partial charge in [0.2, 0.25) is 6.67 Å². The number of aryl methyl sites for hydroxylation is 2. The molecule has 0 saturated carbocycles. The zero-order chi connectivity index (χ0) is 21.5. The highest BCUT2D eigenvalue weighted by atomic mass is 15.3. The van der Waals surface area contributed by atoms with E-state index in [0.717, 1.165) is 19.8 Å². The molecule has 0 spiro atoms. The molecule has 4 rings (SSSR count). The quantitative estimate of drug-likeness (QED) is 0.313. The maximum absolute atomic E-state index is 2.40. The molecule has 160 valence electrons. The van der Waals surface area contributed by atoms with Crippen LogP contribution < -0.4 is 9.13 Å². The number of hydrogen-bond donors (Lipinski definition) is 0. The number of benzene rings is 2. The zero-order valence-corrected chi connectivity index (χ0v) is 18.8. The minimum Gasteiger partial charge on any atom is -0.230 e. The topological polar surface area (TPSA) is 17.6 Å². The van der Waals surface area contributed by atoms with Crippen molar-refractivity contribution in [3.05, 3.63) is 85.5 Å². The highest BCUT2D eigenvalue weighted by Gasteiger charge is 2.25. The first-order chi connectivity index (χ1) is 15.3. The van der Waals surface area contributed by atoms with Crippen molar-refractivity contribution in [2.75, 3.05) is 0 Å². The van der Waals surface area contributed by atoms with Gasteiger partial charge >= 0.3 is 0 Å². The van der Waals surface area contributed by atoms with Crippen LogP contribution in [0.1, 0.15) is 39.5 Å². The van der Waals surface area contributed by atoms with Crippen LogP contribution in [-0.2, 0) is 19.8 Å². The molecule has 0 radical (unpaired) electrons. The van der Waals surface area contributed by atoms with Crippen LogP contribution in [-0.4, -0.2) is 9.13 Å². The third kappa shape index (κ3) is 4.79. The van der Waals surface area contributed by atoms with Crippen molar-refractivity contribution in [2.45, 2.75) is 59.3 Å². The van der Waals surface area contributed by atoms with Gasteiger partial charge in [-0.2, -0.15) is 9.13 Å². The summed E-state index contributed by atoms with van der Waals surface area (Å²) in [4.78, 5) is 0. The van der Waals surface area contributed by atoms with E-state index in [1.807, 2.05) is 0 Å². The first kappa shape index (κ1) is 21.1. The fourth-order valence-corrected chi connectivity index (χ4v) is 4.18. The Morgan fingerprint density at radius 3 is 1.42 bits per heavy atom. The van der Waals surface area contributed by atoms with Crippen LogP contribution in [0.15, 0.2) is 85.5 Å². The monoisotopic (exact) mass is 414 g/mol. The maximum Gasteiger partial charge on any atom is 0.292 e. The Morgan fingerprint density at radius 1 is 0.613 bits per heavy atom. The maximum atomic E-state index is 2.40. The number of imidazole rings is 2. The number of rotatable bonds is 10. The summed E-state index contributed by atoms with van der Waals surface area (Å²) in [5, 5.41) is 0. The molecule has 4 heteroatoms. The lowest BCUT2D eigenvalue weighted by Gasteiger charge is -2.07. The molecule has 0 amide bonds. The highest BCUT2D eigenvalue weighted by molar-refractivity contribution is 5.53. The molecule has 31 heavy (non-hydrogen) atoms. The third-order valence-corrected chi connectivity index (χ3v) is 5.82. The first-order valence-electron chi connectivity index (χ1n) is 11.6. The fourth-order valence-electron chi connectivity index (χ4n) is 4.18. The Labute approximate surface area is 186 Å². The molecular weight excluding hydrogens is 380 g/mol. The molecule has 0 unspecified atom stereocenters. The lowest BCUT2D eigenvalue weighted by Crippen LogP contribution is -2.52. The van der Waals surface area contributed by atoms with Crippen LogP contribution >= 0.6 is 0 Å². The molecule has 4 nitrogen and oxygen atoms in total. The van der Waals surface area contributed by atoms with Crippen molar-refractivity contribution in [1.29, 1.82) is 0 Å². The fraction of sp³-hybridized carbons (Fsp3) is 0.333. The number of nitrogens with zero attached hydrogens (tertiary/aromatic N) is 4. The molecule has 2 aromatic heterocycles. The molecule has 0 aliphatic rings. The summed E-state index contributed by atoms with van der Waals surface area (Å²) < 4.78 is 9.55. The van der Waals surface area contributed by atoms with Crippen molar-refractivity contribution >= 4 is 0 Å². The lowest BCUT2D eigenvalue weighted by molar-refractivity contribution is -0.902. The Morgan fingerprint density at radius 2 is 1.03 bits per heavy atom. The van der Waals surface area contributed by atoms with Gasteiger partial charge in [0, 0.05) is 0 Å². The van der Waals surface area contributed by atoms with Crippen molar-refractivity contribution in [3.8, 4) is 22.8 Å². The predicted molar refractivity (Wildman–Crippen MR) is 125 cm³/mol. The average Bonchev–Trinajstić information content (AvgIpc) is 3.41. The second kappa shape index (κ2) is 10.3. The van der Waals surface area contributed by atoms with Crippen LogP contribution in [0.2, 0.25) is 0 Å². The van der Waals surface area contributed by atoms with E-state index in [-0.39, 0.29) is 0 Å². The lowest BCUT2D eigenvalue weighted by atomic mass is 10.2. The normalized spacial score (nSPS) is 11.2. The average molecular weight is 415 g/mol. The van der Waals surface area contributed by atoms with E-state index in [4.69, 9.17) is 0 Å². The van der Waals surface area contributed by atoms with Gasteiger partial charge in [-0.05, 0) is 37.1 Å². The number of hydrogen-bond acceptors (Lipinski definition) is 0. The van der Waals surface area contributed by atoms with Gasteiger partial charge in [0.05, 0.1) is 24.2 Å². The van der Waals surface area contributed by atoms with Crippen molar-refractivity contribution in [2.24, 2.45) is 0 Å². The van der Waals surface area contributed by atoms with Crippen LogP contribution in [0.4, 0.5) is 0 Å². The number of unbranched alkanes of at least 4 members (excludes halogenated alkanes) is 2. The summed E-state index contributed by atoms with van der Waals surface area (Å²) in [7, 11) is 0. The third-order valence-electron chi connectivity index (χ3n) is 5.82. The molecule has 2 aromatic carbocycles. The Kier molecular flexibility index (Phi) is 6.98. The molecule has 4 aromatic rings. The summed E-state index contributed by atoms with van der Waals surface area (Å²) >= 11 is 0. The molecule has 0 aliphatic heterocycles. The minimum atomic E-state index is 0.784. The molecular formula is C27H34N4+2. The van der Waals surface area contributed by atoms with Gasteiger partial charge in [0.1, 0.15) is 24.8 Å². The van der Waals surface area contributed by atoms with E-state index in [1.165, 1.54) is 48.5 Å². The molecule has 0 aliphatic carbocycles. The second-order valence-electron chi connectivity index (χ2n) is 8.15. The van der Waals surface area contributed by atoms with E-state index < -0.39 is 0 Å². The molecule has 0 saturated heterocycles.